The third-order valence-corrected chi connectivity index (χ3v) is 6.60. The molecule has 148 valence electrons. The summed E-state index contributed by atoms with van der Waals surface area (Å²) in [6, 6.07) is 19.8. The van der Waals surface area contributed by atoms with E-state index in [1.54, 1.807) is 22.7 Å². The van der Waals surface area contributed by atoms with Crippen molar-refractivity contribution in [1.82, 2.24) is 24.9 Å². The molecule has 5 aromatic rings. The smallest absolute Gasteiger partial charge is 0.225 e. The molecule has 0 saturated heterocycles. The first kappa shape index (κ1) is 18.7. The van der Waals surface area contributed by atoms with E-state index in [9.17, 15) is 4.79 Å². The monoisotopic (exact) mass is 431 g/mol. The van der Waals surface area contributed by atoms with Crippen molar-refractivity contribution in [2.75, 3.05) is 0 Å². The second kappa shape index (κ2) is 8.17. The van der Waals surface area contributed by atoms with Crippen LogP contribution >= 0.6 is 22.7 Å². The molecule has 0 bridgehead atoms. The molecule has 0 aliphatic heterocycles. The van der Waals surface area contributed by atoms with Gasteiger partial charge in [0, 0.05) is 16.6 Å². The van der Waals surface area contributed by atoms with Gasteiger partial charge in [-0.3, -0.25) is 9.20 Å². The number of pyridine rings is 1. The minimum absolute atomic E-state index is 0.0660. The van der Waals surface area contributed by atoms with Gasteiger partial charge in [-0.15, -0.1) is 32.9 Å². The fourth-order valence-electron chi connectivity index (χ4n) is 3.18. The number of hydrogen-bond acceptors (Lipinski definition) is 6. The van der Waals surface area contributed by atoms with E-state index in [1.165, 1.54) is 0 Å². The van der Waals surface area contributed by atoms with Gasteiger partial charge in [-0.2, -0.15) is 0 Å². The summed E-state index contributed by atoms with van der Waals surface area (Å²) in [5.74, 6) is 0.635. The van der Waals surface area contributed by atoms with Crippen molar-refractivity contribution >= 4 is 34.2 Å². The van der Waals surface area contributed by atoms with Gasteiger partial charge in [-0.05, 0) is 23.6 Å². The van der Waals surface area contributed by atoms with Crippen LogP contribution in [-0.2, 0) is 17.8 Å². The Morgan fingerprint density at radius 2 is 1.87 bits per heavy atom. The third-order valence-electron chi connectivity index (χ3n) is 4.62. The van der Waals surface area contributed by atoms with Crippen LogP contribution in [0.15, 0.2) is 72.2 Å². The lowest BCUT2D eigenvalue weighted by Gasteiger charge is -2.04. The number of hydrogen-bond donors (Lipinski definition) is 1. The van der Waals surface area contributed by atoms with E-state index in [0.717, 1.165) is 31.7 Å². The average molecular weight is 432 g/mol. The molecule has 0 fully saturated rings. The van der Waals surface area contributed by atoms with E-state index >= 15 is 0 Å². The summed E-state index contributed by atoms with van der Waals surface area (Å²) in [5, 5.41) is 14.2. The predicted octanol–water partition coefficient (Wildman–Crippen LogP) is 4.44. The van der Waals surface area contributed by atoms with Gasteiger partial charge in [0.05, 0.1) is 23.5 Å². The lowest BCUT2D eigenvalue weighted by atomic mass is 10.2. The number of rotatable bonds is 6. The molecule has 30 heavy (non-hydrogen) atoms. The summed E-state index contributed by atoms with van der Waals surface area (Å²) >= 11 is 3.20. The van der Waals surface area contributed by atoms with Gasteiger partial charge in [0.15, 0.2) is 11.5 Å². The highest BCUT2D eigenvalue weighted by molar-refractivity contribution is 7.17. The molecule has 0 radical (unpaired) electrons. The Morgan fingerprint density at radius 3 is 2.70 bits per heavy atom. The molecular formula is C22H17N5OS2. The van der Waals surface area contributed by atoms with Gasteiger partial charge in [0.2, 0.25) is 5.91 Å². The number of nitrogens with zero attached hydrogens (tertiary/aromatic N) is 4. The molecule has 0 unspecified atom stereocenters. The van der Waals surface area contributed by atoms with Crippen molar-refractivity contribution in [3.8, 4) is 21.1 Å². The van der Waals surface area contributed by atoms with E-state index in [-0.39, 0.29) is 12.3 Å². The van der Waals surface area contributed by atoms with Crippen LogP contribution in [0.3, 0.4) is 0 Å². The van der Waals surface area contributed by atoms with Crippen molar-refractivity contribution in [2.45, 2.75) is 13.0 Å². The zero-order chi connectivity index (χ0) is 20.3. The van der Waals surface area contributed by atoms with Gasteiger partial charge < -0.3 is 5.32 Å². The lowest BCUT2D eigenvalue weighted by molar-refractivity contribution is -0.120. The molecule has 0 aliphatic carbocycles. The van der Waals surface area contributed by atoms with Crippen LogP contribution < -0.4 is 5.32 Å². The summed E-state index contributed by atoms with van der Waals surface area (Å²) < 4.78 is 1.87. The summed E-state index contributed by atoms with van der Waals surface area (Å²) in [6.07, 6.45) is 2.16. The fourth-order valence-corrected chi connectivity index (χ4v) is 5.06. The van der Waals surface area contributed by atoms with E-state index in [4.69, 9.17) is 4.98 Å². The van der Waals surface area contributed by atoms with E-state index in [2.05, 4.69) is 15.5 Å². The Morgan fingerprint density at radius 1 is 1.00 bits per heavy atom. The fraction of sp³-hybridized carbons (Fsp3) is 0.0909. The Labute approximate surface area is 180 Å². The van der Waals surface area contributed by atoms with Crippen LogP contribution in [0, 0.1) is 0 Å². The normalized spacial score (nSPS) is 11.1. The zero-order valence-electron chi connectivity index (χ0n) is 15.9. The highest BCUT2D eigenvalue weighted by Crippen LogP contribution is 2.36. The summed E-state index contributed by atoms with van der Waals surface area (Å²) in [7, 11) is 0. The van der Waals surface area contributed by atoms with Crippen LogP contribution in [-0.4, -0.2) is 25.5 Å². The predicted molar refractivity (Wildman–Crippen MR) is 119 cm³/mol. The van der Waals surface area contributed by atoms with Gasteiger partial charge >= 0.3 is 0 Å². The minimum Gasteiger partial charge on any atom is -0.348 e. The van der Waals surface area contributed by atoms with Crippen LogP contribution in [0.4, 0.5) is 0 Å². The van der Waals surface area contributed by atoms with Crippen molar-refractivity contribution in [3.05, 3.63) is 82.9 Å². The van der Waals surface area contributed by atoms with Gasteiger partial charge in [0.25, 0.3) is 0 Å². The number of fused-ring (bicyclic) bond motifs is 1. The number of thiazole rings is 1. The van der Waals surface area contributed by atoms with Crippen molar-refractivity contribution < 1.29 is 4.79 Å². The van der Waals surface area contributed by atoms with E-state index in [1.807, 2.05) is 76.6 Å². The molecule has 0 spiro atoms. The largest absolute Gasteiger partial charge is 0.348 e. The first-order chi connectivity index (χ1) is 14.8. The second-order valence-corrected chi connectivity index (χ2v) is 8.66. The van der Waals surface area contributed by atoms with E-state index < -0.39 is 0 Å². The maximum atomic E-state index is 12.7. The van der Waals surface area contributed by atoms with Gasteiger partial charge in [-0.1, -0.05) is 42.5 Å². The Balaban J connectivity index is 1.37. The zero-order valence-corrected chi connectivity index (χ0v) is 17.5. The first-order valence-electron chi connectivity index (χ1n) is 9.42. The molecule has 1 amide bonds. The summed E-state index contributed by atoms with van der Waals surface area (Å²) in [6.45, 7) is 0.322. The topological polar surface area (TPSA) is 72.2 Å². The number of carbonyl (C=O) groups is 1. The Bertz CT molecular complexity index is 1290. The van der Waals surface area contributed by atoms with E-state index in [0.29, 0.717) is 12.4 Å². The molecule has 1 aromatic carbocycles. The Kier molecular flexibility index (Phi) is 5.08. The van der Waals surface area contributed by atoms with Crippen LogP contribution in [0.2, 0.25) is 0 Å². The minimum atomic E-state index is -0.0660. The maximum Gasteiger partial charge on any atom is 0.225 e. The molecule has 6 nitrogen and oxygen atoms in total. The molecule has 4 heterocycles. The van der Waals surface area contributed by atoms with Crippen LogP contribution in [0.25, 0.3) is 26.8 Å². The highest BCUT2D eigenvalue weighted by Gasteiger charge is 2.18. The number of aromatic nitrogens is 4. The highest BCUT2D eigenvalue weighted by atomic mass is 32.1. The third kappa shape index (κ3) is 3.74. The van der Waals surface area contributed by atoms with Crippen molar-refractivity contribution in [1.29, 1.82) is 0 Å². The quantitative estimate of drug-likeness (QED) is 0.431. The first-order valence-corrected chi connectivity index (χ1v) is 11.1. The Hall–Kier alpha value is -3.36. The standard InChI is InChI=1S/C22H17N5OS2/c28-20(23-14-19-26-25-18-10-4-5-11-27(18)19)13-17-21(16-9-6-12-29-16)24-22(30-17)15-7-2-1-3-8-15/h1-12H,13-14H2,(H,23,28). The summed E-state index contributed by atoms with van der Waals surface area (Å²) in [4.78, 5) is 19.6. The number of amides is 1. The SMILES string of the molecule is O=C(Cc1sc(-c2ccccc2)nc1-c1cccs1)NCc1nnc2ccccn12. The lowest BCUT2D eigenvalue weighted by Crippen LogP contribution is -2.25. The van der Waals surface area contributed by atoms with Gasteiger partial charge in [0.1, 0.15) is 5.01 Å². The molecule has 4 aromatic heterocycles. The molecule has 0 saturated carbocycles. The second-order valence-electron chi connectivity index (χ2n) is 6.63. The molecule has 1 N–H and O–H groups in total. The van der Waals surface area contributed by atoms with Crippen LogP contribution in [0.1, 0.15) is 10.7 Å². The number of nitrogens with one attached hydrogen (secondary N) is 1. The molecular weight excluding hydrogens is 414 g/mol. The molecule has 0 atom stereocenters. The van der Waals surface area contributed by atoms with Crippen molar-refractivity contribution in [3.63, 3.8) is 0 Å². The van der Waals surface area contributed by atoms with Crippen LogP contribution in [0.5, 0.6) is 0 Å². The number of carbonyl (C=O) groups excluding carboxylic acids is 1. The molecule has 8 heteroatoms. The van der Waals surface area contributed by atoms with Gasteiger partial charge in [-0.25, -0.2) is 4.98 Å². The maximum absolute atomic E-state index is 12.7. The molecule has 5 rings (SSSR count). The molecule has 0 aliphatic rings. The average Bonchev–Trinajstić information content (AvgIpc) is 3.52. The summed E-state index contributed by atoms with van der Waals surface area (Å²) in [5.41, 5.74) is 2.70. The number of thiophene rings is 1. The van der Waals surface area contributed by atoms with Crippen molar-refractivity contribution in [2.24, 2.45) is 0 Å². The number of benzene rings is 1.